The number of pyridine rings is 1. The molecule has 1 unspecified atom stereocenters. The number of benzene rings is 1. The SMILES string of the molecule is O=C(NCc1ccncn1)C(CCCCn1cc(-c2ccccc2)c2cccnc21)C1CCCCC1. The van der Waals surface area contributed by atoms with E-state index in [0.717, 1.165) is 50.0 Å². The van der Waals surface area contributed by atoms with Gasteiger partial charge in [0.15, 0.2) is 0 Å². The Morgan fingerprint density at radius 1 is 0.972 bits per heavy atom. The van der Waals surface area contributed by atoms with Gasteiger partial charge in [-0.3, -0.25) is 4.79 Å². The maximum atomic E-state index is 13.2. The van der Waals surface area contributed by atoms with Gasteiger partial charge in [0.2, 0.25) is 5.91 Å². The lowest BCUT2D eigenvalue weighted by Gasteiger charge is -2.29. The van der Waals surface area contributed by atoms with Crippen LogP contribution in [0.2, 0.25) is 0 Å². The molecule has 6 heteroatoms. The van der Waals surface area contributed by atoms with Gasteiger partial charge in [0.05, 0.1) is 12.2 Å². The van der Waals surface area contributed by atoms with Crippen molar-refractivity contribution in [1.82, 2.24) is 24.8 Å². The van der Waals surface area contributed by atoms with Crippen molar-refractivity contribution in [1.29, 1.82) is 0 Å². The Kier molecular flexibility index (Phi) is 8.01. The third kappa shape index (κ3) is 5.81. The third-order valence-electron chi connectivity index (χ3n) is 7.53. The molecule has 1 aromatic carbocycles. The molecule has 1 N–H and O–H groups in total. The Morgan fingerprint density at radius 2 is 1.83 bits per heavy atom. The van der Waals surface area contributed by atoms with Crippen LogP contribution >= 0.6 is 0 Å². The molecular formula is C30H35N5O. The summed E-state index contributed by atoms with van der Waals surface area (Å²) < 4.78 is 2.28. The smallest absolute Gasteiger partial charge is 0.223 e. The number of carbonyl (C=O) groups excluding carboxylic acids is 1. The van der Waals surface area contributed by atoms with Crippen molar-refractivity contribution in [2.75, 3.05) is 0 Å². The number of unbranched alkanes of at least 4 members (excludes halogenated alkanes) is 1. The first-order chi connectivity index (χ1) is 17.8. The molecule has 1 aliphatic rings. The van der Waals surface area contributed by atoms with E-state index in [1.807, 2.05) is 24.4 Å². The summed E-state index contributed by atoms with van der Waals surface area (Å²) in [7, 11) is 0. The van der Waals surface area contributed by atoms with Gasteiger partial charge in [0.1, 0.15) is 12.0 Å². The second kappa shape index (κ2) is 11.9. The predicted octanol–water partition coefficient (Wildman–Crippen LogP) is 6.18. The van der Waals surface area contributed by atoms with Gasteiger partial charge in [-0.2, -0.15) is 0 Å². The Bertz CT molecular complexity index is 1250. The maximum absolute atomic E-state index is 13.2. The summed E-state index contributed by atoms with van der Waals surface area (Å²) in [5.41, 5.74) is 4.32. The molecule has 1 fully saturated rings. The molecule has 6 nitrogen and oxygen atoms in total. The van der Waals surface area contributed by atoms with Crippen molar-refractivity contribution in [2.24, 2.45) is 11.8 Å². The summed E-state index contributed by atoms with van der Waals surface area (Å²) in [6.45, 7) is 1.37. The molecule has 0 radical (unpaired) electrons. The highest BCUT2D eigenvalue weighted by atomic mass is 16.1. The lowest BCUT2D eigenvalue weighted by Crippen LogP contribution is -2.35. The van der Waals surface area contributed by atoms with Gasteiger partial charge in [0.25, 0.3) is 0 Å². The topological polar surface area (TPSA) is 72.7 Å². The Morgan fingerprint density at radius 3 is 2.64 bits per heavy atom. The highest BCUT2D eigenvalue weighted by Gasteiger charge is 2.29. The van der Waals surface area contributed by atoms with E-state index in [0.29, 0.717) is 12.5 Å². The Labute approximate surface area is 213 Å². The number of hydrogen-bond acceptors (Lipinski definition) is 4. The molecule has 0 spiro atoms. The van der Waals surface area contributed by atoms with Crippen LogP contribution in [0.15, 0.2) is 73.4 Å². The van der Waals surface area contributed by atoms with E-state index in [1.165, 1.54) is 42.1 Å². The second-order valence-electron chi connectivity index (χ2n) is 9.90. The minimum absolute atomic E-state index is 0.0755. The molecule has 36 heavy (non-hydrogen) atoms. The van der Waals surface area contributed by atoms with Crippen molar-refractivity contribution in [3.8, 4) is 11.1 Å². The molecular weight excluding hydrogens is 446 g/mol. The highest BCUT2D eigenvalue weighted by molar-refractivity contribution is 5.94. The summed E-state index contributed by atoms with van der Waals surface area (Å²) in [6, 6.07) is 16.5. The van der Waals surface area contributed by atoms with Gasteiger partial charge < -0.3 is 9.88 Å². The number of aromatic nitrogens is 4. The Balaban J connectivity index is 1.23. The molecule has 5 rings (SSSR count). The summed E-state index contributed by atoms with van der Waals surface area (Å²) in [6.07, 6.45) is 16.4. The fraction of sp³-hybridized carbons (Fsp3) is 0.400. The van der Waals surface area contributed by atoms with Crippen LogP contribution in [0.3, 0.4) is 0 Å². The van der Waals surface area contributed by atoms with Crippen LogP contribution in [-0.4, -0.2) is 25.4 Å². The van der Waals surface area contributed by atoms with Crippen LogP contribution in [0.5, 0.6) is 0 Å². The van der Waals surface area contributed by atoms with Crippen LogP contribution in [0, 0.1) is 11.8 Å². The second-order valence-corrected chi connectivity index (χ2v) is 9.90. The van der Waals surface area contributed by atoms with Crippen molar-refractivity contribution in [3.63, 3.8) is 0 Å². The van der Waals surface area contributed by atoms with Gasteiger partial charge in [-0.15, -0.1) is 0 Å². The molecule has 4 aromatic rings. The van der Waals surface area contributed by atoms with E-state index in [2.05, 4.69) is 61.4 Å². The molecule has 1 aliphatic carbocycles. The average molecular weight is 482 g/mol. The van der Waals surface area contributed by atoms with E-state index < -0.39 is 0 Å². The largest absolute Gasteiger partial charge is 0.350 e. The van der Waals surface area contributed by atoms with Crippen LogP contribution in [-0.2, 0) is 17.9 Å². The first-order valence-corrected chi connectivity index (χ1v) is 13.3. The van der Waals surface area contributed by atoms with Crippen LogP contribution in [0.4, 0.5) is 0 Å². The van der Waals surface area contributed by atoms with E-state index in [1.54, 1.807) is 6.20 Å². The van der Waals surface area contributed by atoms with Gasteiger partial charge in [-0.05, 0) is 55.4 Å². The van der Waals surface area contributed by atoms with Crippen LogP contribution in [0.25, 0.3) is 22.2 Å². The molecule has 1 atom stereocenters. The van der Waals surface area contributed by atoms with Crippen LogP contribution in [0.1, 0.15) is 57.1 Å². The predicted molar refractivity (Wildman–Crippen MR) is 143 cm³/mol. The van der Waals surface area contributed by atoms with E-state index in [4.69, 9.17) is 0 Å². The minimum Gasteiger partial charge on any atom is -0.350 e. The van der Waals surface area contributed by atoms with Gasteiger partial charge in [-0.1, -0.05) is 56.0 Å². The number of rotatable bonds is 10. The van der Waals surface area contributed by atoms with Crippen molar-refractivity contribution in [3.05, 3.63) is 79.1 Å². The number of aryl methyl sites for hydroxylation is 1. The number of carbonyl (C=O) groups is 1. The van der Waals surface area contributed by atoms with Gasteiger partial charge in [-0.25, -0.2) is 15.0 Å². The fourth-order valence-corrected chi connectivity index (χ4v) is 5.64. The number of amides is 1. The summed E-state index contributed by atoms with van der Waals surface area (Å²) in [5.74, 6) is 0.745. The number of nitrogens with one attached hydrogen (secondary N) is 1. The normalized spacial score (nSPS) is 15.1. The lowest BCUT2D eigenvalue weighted by atomic mass is 9.77. The molecule has 0 saturated heterocycles. The van der Waals surface area contributed by atoms with Crippen LogP contribution < -0.4 is 5.32 Å². The van der Waals surface area contributed by atoms with E-state index in [-0.39, 0.29) is 11.8 Å². The molecule has 1 amide bonds. The molecule has 3 heterocycles. The summed E-state index contributed by atoms with van der Waals surface area (Å²) >= 11 is 0. The summed E-state index contributed by atoms with van der Waals surface area (Å²) in [4.78, 5) is 26.1. The number of hydrogen-bond donors (Lipinski definition) is 1. The van der Waals surface area contributed by atoms with E-state index in [9.17, 15) is 4.79 Å². The fourth-order valence-electron chi connectivity index (χ4n) is 5.64. The van der Waals surface area contributed by atoms with Gasteiger partial charge >= 0.3 is 0 Å². The number of nitrogens with zero attached hydrogens (tertiary/aromatic N) is 4. The zero-order chi connectivity index (χ0) is 24.6. The highest BCUT2D eigenvalue weighted by Crippen LogP contribution is 2.34. The van der Waals surface area contributed by atoms with Crippen molar-refractivity contribution < 1.29 is 4.79 Å². The summed E-state index contributed by atoms with van der Waals surface area (Å²) in [5, 5.41) is 4.34. The first kappa shape index (κ1) is 24.2. The zero-order valence-electron chi connectivity index (χ0n) is 20.9. The molecule has 186 valence electrons. The monoisotopic (exact) mass is 481 g/mol. The average Bonchev–Trinajstić information content (AvgIpc) is 3.32. The van der Waals surface area contributed by atoms with Crippen molar-refractivity contribution >= 4 is 16.9 Å². The minimum atomic E-state index is 0.0755. The molecule has 0 aliphatic heterocycles. The first-order valence-electron chi connectivity index (χ1n) is 13.3. The standard InChI is InChI=1S/C30H35N5O/c36-30(33-20-25-16-18-31-22-34-25)26(23-10-3-1-4-11-23)14-7-8-19-35-21-28(24-12-5-2-6-13-24)27-15-9-17-32-29(27)35/h2,5-6,9,12-13,15-18,21-23,26H,1,3-4,7-8,10-11,14,19-20H2,(H,33,36). The number of fused-ring (bicyclic) bond motifs is 1. The van der Waals surface area contributed by atoms with Crippen molar-refractivity contribution in [2.45, 2.75) is 64.5 Å². The Hall–Kier alpha value is -3.54. The molecule has 3 aromatic heterocycles. The van der Waals surface area contributed by atoms with E-state index >= 15 is 0 Å². The lowest BCUT2D eigenvalue weighted by molar-refractivity contribution is -0.127. The van der Waals surface area contributed by atoms with Gasteiger partial charge in [0, 0.05) is 42.0 Å². The quantitative estimate of drug-likeness (QED) is 0.275. The zero-order valence-corrected chi connectivity index (χ0v) is 20.9. The third-order valence-corrected chi connectivity index (χ3v) is 7.53. The maximum Gasteiger partial charge on any atom is 0.223 e. The molecule has 1 saturated carbocycles. The molecule has 0 bridgehead atoms.